The Kier molecular flexibility index (Phi) is 11.9. The van der Waals surface area contributed by atoms with Crippen LogP contribution in [-0.2, 0) is 20.1 Å². The maximum Gasteiger partial charge on any atom is 0.283 e. The van der Waals surface area contributed by atoms with Crippen LogP contribution in [0.2, 0.25) is 0 Å². The molecule has 3 rings (SSSR count). The minimum atomic E-state index is -0.649. The van der Waals surface area contributed by atoms with Gasteiger partial charge in [-0.25, -0.2) is 0 Å². The van der Waals surface area contributed by atoms with Gasteiger partial charge in [0.05, 0.1) is 0 Å². The van der Waals surface area contributed by atoms with Gasteiger partial charge in [0.25, 0.3) is 6.26 Å². The maximum absolute atomic E-state index is 13.2. The molecule has 0 spiro atoms. The van der Waals surface area contributed by atoms with Crippen molar-refractivity contribution in [2.24, 2.45) is 4.99 Å². The summed E-state index contributed by atoms with van der Waals surface area (Å²) in [5.41, 5.74) is 1.45. The number of hydrogen-bond donors (Lipinski definition) is 1. The summed E-state index contributed by atoms with van der Waals surface area (Å²) in [6.07, 6.45) is 2.30. The first-order valence-electron chi connectivity index (χ1n) is 6.89. The smallest absolute Gasteiger partial charge is 0.283 e. The Labute approximate surface area is 163 Å². The Morgan fingerprint density at radius 2 is 1.73 bits per heavy atom. The molecular weight excluding hydrogens is 516 g/mol. The first-order chi connectivity index (χ1) is 12.1. The average molecular weight is 530 g/mol. The molecule has 7 heteroatoms. The Hall–Kier alpha value is -2.94. The summed E-state index contributed by atoms with van der Waals surface area (Å²) in [6.45, 7) is 4.97. The minimum Gasteiger partial charge on any atom is -0.460 e. The molecule has 1 heterocycles. The molecule has 3 aromatic rings. The fraction of sp³-hybridized carbons (Fsp3) is 0. The minimum absolute atomic E-state index is 0. The van der Waals surface area contributed by atoms with Gasteiger partial charge in [-0.1, -0.05) is 47.6 Å². The number of aromatic nitrogens is 1. The molecule has 2 aromatic carbocycles. The second-order valence-corrected chi connectivity index (χ2v) is 4.32. The molecule has 0 bridgehead atoms. The van der Waals surface area contributed by atoms with Crippen LogP contribution in [0.1, 0.15) is 0 Å². The van der Waals surface area contributed by atoms with Crippen molar-refractivity contribution in [1.29, 1.82) is 5.26 Å². The van der Waals surface area contributed by atoms with Gasteiger partial charge in [0.2, 0.25) is 0 Å². The fourth-order valence-electron chi connectivity index (χ4n) is 1.67. The van der Waals surface area contributed by atoms with E-state index >= 15 is 0 Å². The molecule has 4 nitrogen and oxygen atoms in total. The van der Waals surface area contributed by atoms with Gasteiger partial charge in [0, 0.05) is 37.9 Å². The van der Waals surface area contributed by atoms with E-state index < -0.39 is 11.6 Å². The third-order valence-electron chi connectivity index (χ3n) is 2.68. The van der Waals surface area contributed by atoms with Gasteiger partial charge < -0.3 is 15.1 Å². The first-order valence-corrected chi connectivity index (χ1v) is 6.89. The SMILES string of the molecule is Fc1c[c-]c(-c2ccccn2)c(F)c1.N#CO.[CH-]=Nc1ccccc1.[Ir]. The van der Waals surface area contributed by atoms with Gasteiger partial charge in [-0.05, 0) is 11.8 Å². The van der Waals surface area contributed by atoms with Crippen LogP contribution in [0.4, 0.5) is 14.5 Å². The van der Waals surface area contributed by atoms with E-state index in [-0.39, 0.29) is 25.7 Å². The molecule has 0 saturated heterocycles. The third kappa shape index (κ3) is 8.24. The van der Waals surface area contributed by atoms with E-state index in [9.17, 15) is 8.78 Å². The summed E-state index contributed by atoms with van der Waals surface area (Å²) in [5, 5.41) is 13.8. The number of pyridine rings is 1. The zero-order valence-electron chi connectivity index (χ0n) is 13.3. The number of nitrogens with zero attached hydrogens (tertiary/aromatic N) is 3. The zero-order valence-corrected chi connectivity index (χ0v) is 15.7. The number of halogens is 2. The average Bonchev–Trinajstić information content (AvgIpc) is 2.64. The van der Waals surface area contributed by atoms with E-state index in [2.05, 4.69) is 16.0 Å². The third-order valence-corrected chi connectivity index (χ3v) is 2.68. The largest absolute Gasteiger partial charge is 0.460 e. The number of para-hydroxylation sites is 1. The molecule has 1 aromatic heterocycles. The number of benzene rings is 2. The Bertz CT molecular complexity index is 825. The van der Waals surface area contributed by atoms with Crippen LogP contribution in [0, 0.1) is 29.2 Å². The molecule has 0 aliphatic rings. The molecule has 0 fully saturated rings. The fourth-order valence-corrected chi connectivity index (χ4v) is 1.67. The van der Waals surface area contributed by atoms with Crippen LogP contribution >= 0.6 is 0 Å². The summed E-state index contributed by atoms with van der Waals surface area (Å²) in [4.78, 5) is 7.42. The van der Waals surface area contributed by atoms with Crippen molar-refractivity contribution in [3.63, 3.8) is 0 Å². The molecule has 0 atom stereocenters. The van der Waals surface area contributed by atoms with E-state index in [1.807, 2.05) is 30.3 Å². The molecule has 135 valence electrons. The monoisotopic (exact) mass is 530 g/mol. The van der Waals surface area contributed by atoms with Crippen LogP contribution in [-0.4, -0.2) is 16.8 Å². The predicted octanol–water partition coefficient (Wildman–Crippen LogP) is 4.56. The van der Waals surface area contributed by atoms with Gasteiger partial charge in [0.15, 0.2) is 0 Å². The van der Waals surface area contributed by atoms with Crippen molar-refractivity contribution in [1.82, 2.24) is 4.98 Å². The molecule has 0 saturated carbocycles. The van der Waals surface area contributed by atoms with Gasteiger partial charge in [0.1, 0.15) is 0 Å². The van der Waals surface area contributed by atoms with Crippen molar-refractivity contribution in [3.05, 3.63) is 84.6 Å². The Morgan fingerprint density at radius 3 is 2.19 bits per heavy atom. The Balaban J connectivity index is 0.000000445. The first kappa shape index (κ1) is 23.1. The van der Waals surface area contributed by atoms with Gasteiger partial charge in [-0.15, -0.1) is 24.3 Å². The molecule has 1 N–H and O–H groups in total. The molecule has 0 unspecified atom stereocenters. The van der Waals surface area contributed by atoms with Gasteiger partial charge in [-0.2, -0.15) is 12.0 Å². The van der Waals surface area contributed by atoms with Crippen molar-refractivity contribution < 1.29 is 34.0 Å². The van der Waals surface area contributed by atoms with Crippen molar-refractivity contribution in [2.45, 2.75) is 0 Å². The molecule has 0 amide bonds. The van der Waals surface area contributed by atoms with Crippen molar-refractivity contribution in [2.75, 3.05) is 0 Å². The second kappa shape index (κ2) is 13.4. The van der Waals surface area contributed by atoms with E-state index in [0.29, 0.717) is 5.69 Å². The summed E-state index contributed by atoms with van der Waals surface area (Å²) in [7, 11) is 0. The van der Waals surface area contributed by atoms with Crippen LogP contribution in [0.3, 0.4) is 0 Å². The van der Waals surface area contributed by atoms with Gasteiger partial charge in [-0.3, -0.25) is 8.78 Å². The van der Waals surface area contributed by atoms with Gasteiger partial charge >= 0.3 is 0 Å². The van der Waals surface area contributed by atoms with Crippen LogP contribution in [0.25, 0.3) is 11.3 Å². The predicted molar refractivity (Wildman–Crippen MR) is 90.6 cm³/mol. The molecule has 0 aliphatic carbocycles. The maximum atomic E-state index is 13.2. The van der Waals surface area contributed by atoms with Crippen LogP contribution in [0.15, 0.2) is 71.9 Å². The zero-order chi connectivity index (χ0) is 18.5. The standard InChI is InChI=1S/C11H6F2N.C7H6N.CHNO.Ir/c12-8-4-5-9(10(13)7-8)11-3-1-2-6-14-11;1-8-7-5-3-2-4-6-7;2-1-3;/h1-4,6-7H;1-6H;3H;/q2*-1;;. The number of aliphatic hydroxyl groups is 1. The van der Waals surface area contributed by atoms with E-state index in [1.54, 1.807) is 24.4 Å². The van der Waals surface area contributed by atoms with E-state index in [4.69, 9.17) is 17.1 Å². The quantitative estimate of drug-likeness (QED) is 0.301. The normalized spacial score (nSPS) is 8.35. The summed E-state index contributed by atoms with van der Waals surface area (Å²) < 4.78 is 25.8. The van der Waals surface area contributed by atoms with E-state index in [0.717, 1.165) is 24.1 Å². The Morgan fingerprint density at radius 1 is 1.12 bits per heavy atom. The summed E-state index contributed by atoms with van der Waals surface area (Å²) in [5.74, 6) is -1.29. The molecule has 26 heavy (non-hydrogen) atoms. The number of nitriles is 1. The number of aliphatic imine (C=N–C) groups is 1. The van der Waals surface area contributed by atoms with Crippen molar-refractivity contribution in [3.8, 4) is 17.5 Å². The van der Waals surface area contributed by atoms with Crippen molar-refractivity contribution >= 4 is 12.4 Å². The van der Waals surface area contributed by atoms with E-state index in [1.165, 1.54) is 0 Å². The summed E-state index contributed by atoms with van der Waals surface area (Å²) >= 11 is 0. The summed E-state index contributed by atoms with van der Waals surface area (Å²) in [6, 6.07) is 18.9. The topological polar surface area (TPSA) is 69.3 Å². The number of hydrogen-bond acceptors (Lipinski definition) is 4. The second-order valence-electron chi connectivity index (χ2n) is 4.32. The van der Waals surface area contributed by atoms with Crippen LogP contribution in [0.5, 0.6) is 0 Å². The molecule has 0 aliphatic heterocycles. The molecule has 1 radical (unpaired) electrons. The number of rotatable bonds is 2. The van der Waals surface area contributed by atoms with Crippen LogP contribution < -0.4 is 0 Å². The number of aliphatic hydroxyl groups excluding tert-OH is 1. The molecular formula is C19H13F2IrN3O-2.